The molecule has 0 aliphatic heterocycles. The smallest absolute Gasteiger partial charge is 0.264 e. The van der Waals surface area contributed by atoms with Gasteiger partial charge in [0.1, 0.15) is 0 Å². The number of rotatable bonds is 2. The van der Waals surface area contributed by atoms with Crippen molar-refractivity contribution in [3.8, 4) is 11.1 Å². The summed E-state index contributed by atoms with van der Waals surface area (Å²) in [7, 11) is 1.84. The highest BCUT2D eigenvalue weighted by Gasteiger charge is 2.13. The first-order valence-electron chi connectivity index (χ1n) is 5.96. The highest BCUT2D eigenvalue weighted by molar-refractivity contribution is 5.84. The lowest BCUT2D eigenvalue weighted by molar-refractivity contribution is 0.152. The number of fused-ring (bicyclic) bond motifs is 1. The number of hydrogen-bond acceptors (Lipinski definition) is 1. The van der Waals surface area contributed by atoms with Gasteiger partial charge in [-0.3, -0.25) is 4.68 Å². The van der Waals surface area contributed by atoms with Gasteiger partial charge in [0.05, 0.1) is 5.52 Å². The van der Waals surface area contributed by atoms with E-state index < -0.39 is 6.43 Å². The van der Waals surface area contributed by atoms with E-state index >= 15 is 0 Å². The fourth-order valence-electron chi connectivity index (χ4n) is 2.26. The Kier molecular flexibility index (Phi) is 2.78. The van der Waals surface area contributed by atoms with Crippen LogP contribution >= 0.6 is 0 Å². The number of halogens is 2. The molecule has 0 atom stereocenters. The van der Waals surface area contributed by atoms with Crippen LogP contribution in [0.1, 0.15) is 12.0 Å². The van der Waals surface area contributed by atoms with Gasteiger partial charge in [0.15, 0.2) is 0 Å². The minimum absolute atomic E-state index is 0.0535. The minimum atomic E-state index is -2.48. The fourth-order valence-corrected chi connectivity index (χ4v) is 2.26. The summed E-state index contributed by atoms with van der Waals surface area (Å²) in [5, 5.41) is 5.30. The van der Waals surface area contributed by atoms with E-state index in [9.17, 15) is 8.78 Å². The lowest BCUT2D eigenvalue weighted by Crippen LogP contribution is -1.90. The molecule has 0 aliphatic carbocycles. The van der Waals surface area contributed by atoms with Crippen molar-refractivity contribution in [2.24, 2.45) is 7.05 Å². The molecule has 96 valence electrons. The molecule has 19 heavy (non-hydrogen) atoms. The Morgan fingerprint density at radius 2 is 1.89 bits per heavy atom. The van der Waals surface area contributed by atoms with Crippen LogP contribution in [0.4, 0.5) is 8.78 Å². The molecule has 4 heteroatoms. The van der Waals surface area contributed by atoms with Crippen LogP contribution < -0.4 is 0 Å². The second kappa shape index (κ2) is 4.46. The van der Waals surface area contributed by atoms with Gasteiger partial charge >= 0.3 is 0 Å². The fraction of sp³-hybridized carbons (Fsp3) is 0.133. The van der Waals surface area contributed by atoms with E-state index in [1.54, 1.807) is 22.9 Å². The molecule has 0 spiro atoms. The molecule has 0 fully saturated rings. The van der Waals surface area contributed by atoms with Crippen LogP contribution in [0.5, 0.6) is 0 Å². The van der Waals surface area contributed by atoms with E-state index in [4.69, 9.17) is 0 Å². The Morgan fingerprint density at radius 3 is 2.68 bits per heavy atom. The number of alkyl halides is 2. The number of benzene rings is 2. The van der Waals surface area contributed by atoms with Gasteiger partial charge in [0.2, 0.25) is 0 Å². The second-order valence-corrected chi connectivity index (χ2v) is 4.46. The zero-order valence-electron chi connectivity index (χ0n) is 10.3. The third kappa shape index (κ3) is 2.10. The van der Waals surface area contributed by atoms with E-state index in [1.807, 2.05) is 31.4 Å². The van der Waals surface area contributed by atoms with Crippen molar-refractivity contribution in [3.63, 3.8) is 0 Å². The molecule has 0 radical (unpaired) electrons. The topological polar surface area (TPSA) is 17.8 Å². The third-order valence-corrected chi connectivity index (χ3v) is 3.13. The highest BCUT2D eigenvalue weighted by Crippen LogP contribution is 2.32. The van der Waals surface area contributed by atoms with Crippen molar-refractivity contribution < 1.29 is 8.78 Å². The third-order valence-electron chi connectivity index (χ3n) is 3.13. The Bertz CT molecular complexity index is 732. The van der Waals surface area contributed by atoms with Crippen LogP contribution in [-0.2, 0) is 7.05 Å². The number of nitrogens with zero attached hydrogens (tertiary/aromatic N) is 2. The van der Waals surface area contributed by atoms with E-state index in [0.717, 1.165) is 16.5 Å². The maximum Gasteiger partial charge on any atom is 0.264 e. The molecule has 1 heterocycles. The van der Waals surface area contributed by atoms with Gasteiger partial charge in [-0.25, -0.2) is 8.78 Å². The lowest BCUT2D eigenvalue weighted by atomic mass is 9.99. The quantitative estimate of drug-likeness (QED) is 0.674. The molecule has 1 aromatic heterocycles. The molecule has 0 saturated heterocycles. The summed E-state index contributed by atoms with van der Waals surface area (Å²) in [6, 6.07) is 12.2. The molecule has 0 N–H and O–H groups in total. The van der Waals surface area contributed by atoms with Crippen molar-refractivity contribution in [1.29, 1.82) is 0 Å². The van der Waals surface area contributed by atoms with Crippen LogP contribution in [0.2, 0.25) is 0 Å². The van der Waals surface area contributed by atoms with Crippen molar-refractivity contribution in [2.45, 2.75) is 6.43 Å². The summed E-state index contributed by atoms with van der Waals surface area (Å²) >= 11 is 0. The van der Waals surface area contributed by atoms with E-state index in [1.165, 1.54) is 6.07 Å². The van der Waals surface area contributed by atoms with Crippen LogP contribution in [0.25, 0.3) is 22.0 Å². The molecule has 0 saturated carbocycles. The first kappa shape index (κ1) is 11.8. The molecule has 0 aliphatic rings. The van der Waals surface area contributed by atoms with Crippen LogP contribution in [-0.4, -0.2) is 9.78 Å². The predicted molar refractivity (Wildman–Crippen MR) is 71.1 cm³/mol. The number of aryl methyl sites for hydroxylation is 1. The highest BCUT2D eigenvalue weighted by atomic mass is 19.3. The van der Waals surface area contributed by atoms with Crippen LogP contribution in [0.3, 0.4) is 0 Å². The second-order valence-electron chi connectivity index (χ2n) is 4.46. The molecule has 0 bridgehead atoms. The monoisotopic (exact) mass is 258 g/mol. The zero-order valence-corrected chi connectivity index (χ0v) is 10.3. The van der Waals surface area contributed by atoms with Gasteiger partial charge in [-0.2, -0.15) is 5.10 Å². The SMILES string of the molecule is Cn1cc2ccc(-c3ccccc3C(F)F)cc2n1. The average Bonchev–Trinajstić information content (AvgIpc) is 2.77. The van der Waals surface area contributed by atoms with Gasteiger partial charge < -0.3 is 0 Å². The van der Waals surface area contributed by atoms with E-state index in [-0.39, 0.29) is 5.56 Å². The number of aromatic nitrogens is 2. The van der Waals surface area contributed by atoms with Gasteiger partial charge in [-0.15, -0.1) is 0 Å². The molecule has 2 nitrogen and oxygen atoms in total. The molecular formula is C15H12F2N2. The summed E-state index contributed by atoms with van der Waals surface area (Å²) in [6.45, 7) is 0. The van der Waals surface area contributed by atoms with Gasteiger partial charge in [-0.1, -0.05) is 36.4 Å². The lowest BCUT2D eigenvalue weighted by Gasteiger charge is -2.08. The summed E-state index contributed by atoms with van der Waals surface area (Å²) in [4.78, 5) is 0. The first-order chi connectivity index (χ1) is 9.15. The Hall–Kier alpha value is -2.23. The van der Waals surface area contributed by atoms with Crippen molar-refractivity contribution in [1.82, 2.24) is 9.78 Å². The van der Waals surface area contributed by atoms with E-state index in [0.29, 0.717) is 5.56 Å². The first-order valence-corrected chi connectivity index (χ1v) is 5.96. The van der Waals surface area contributed by atoms with E-state index in [2.05, 4.69) is 5.10 Å². The van der Waals surface area contributed by atoms with Crippen molar-refractivity contribution in [3.05, 3.63) is 54.2 Å². The summed E-state index contributed by atoms with van der Waals surface area (Å²) in [5.74, 6) is 0. The maximum absolute atomic E-state index is 13.0. The molecule has 3 aromatic rings. The van der Waals surface area contributed by atoms with Crippen LogP contribution in [0.15, 0.2) is 48.7 Å². The molecule has 2 aromatic carbocycles. The Labute approximate surface area is 109 Å². The minimum Gasteiger partial charge on any atom is -0.275 e. The summed E-state index contributed by atoms with van der Waals surface area (Å²) in [6.07, 6.45) is -0.575. The van der Waals surface area contributed by atoms with Crippen molar-refractivity contribution >= 4 is 10.9 Å². The largest absolute Gasteiger partial charge is 0.275 e. The molecule has 3 rings (SSSR count). The molecule has 0 amide bonds. The predicted octanol–water partition coefficient (Wildman–Crippen LogP) is 4.18. The summed E-state index contributed by atoms with van der Waals surface area (Å²) < 4.78 is 27.7. The molecular weight excluding hydrogens is 246 g/mol. The molecule has 0 unspecified atom stereocenters. The maximum atomic E-state index is 13.0. The Balaban J connectivity index is 2.18. The Morgan fingerprint density at radius 1 is 1.11 bits per heavy atom. The van der Waals surface area contributed by atoms with Crippen LogP contribution in [0, 0.1) is 0 Å². The normalized spacial score (nSPS) is 11.4. The summed E-state index contributed by atoms with van der Waals surface area (Å²) in [5.41, 5.74) is 2.19. The van der Waals surface area contributed by atoms with Crippen molar-refractivity contribution in [2.75, 3.05) is 0 Å². The standard InChI is InChI=1S/C15H12F2N2/c1-19-9-11-7-6-10(8-14(11)18-19)12-4-2-3-5-13(12)15(16)17/h2-9,15H,1H3. The number of hydrogen-bond donors (Lipinski definition) is 0. The van der Waals surface area contributed by atoms with Gasteiger partial charge in [0.25, 0.3) is 6.43 Å². The van der Waals surface area contributed by atoms with Gasteiger partial charge in [0, 0.05) is 24.2 Å². The zero-order chi connectivity index (χ0) is 13.4. The van der Waals surface area contributed by atoms with Gasteiger partial charge in [-0.05, 0) is 17.2 Å². The average molecular weight is 258 g/mol.